The van der Waals surface area contributed by atoms with Crippen molar-refractivity contribution in [2.45, 2.75) is 0 Å². The van der Waals surface area contributed by atoms with Gasteiger partial charge in [0.05, 0.1) is 22.3 Å². The molecule has 0 aromatic heterocycles. The molecule has 0 atom stereocenters. The number of carboxylic acid groups (broad SMARTS) is 4. The van der Waals surface area contributed by atoms with Crippen LogP contribution in [0.1, 0.15) is 41.4 Å². The van der Waals surface area contributed by atoms with E-state index in [-0.39, 0.29) is 239 Å². The molecule has 0 fully saturated rings. The molecule has 0 saturated heterocycles. The first-order chi connectivity index (χ1) is 15.2. The van der Waals surface area contributed by atoms with Gasteiger partial charge < -0.3 is 20.4 Å². The van der Waals surface area contributed by atoms with Crippen LogP contribution < -0.4 is 0 Å². The molecular weight excluding hydrogens is 573 g/mol. The second-order valence-electron chi connectivity index (χ2n) is 7.36. The van der Waals surface area contributed by atoms with Crippen molar-refractivity contribution >= 4 is 273 Å². The molecule has 12 heteroatoms. The summed E-state index contributed by atoms with van der Waals surface area (Å²) in [5.41, 5.74) is -0.696. The minimum atomic E-state index is -1.28. The van der Waals surface area contributed by atoms with Crippen molar-refractivity contribution in [2.24, 2.45) is 0 Å². The zero-order chi connectivity index (χ0) is 22.9. The summed E-state index contributed by atoms with van der Waals surface area (Å²) >= 11 is 0. The molecule has 0 bridgehead atoms. The second-order valence-corrected chi connectivity index (χ2v) is 7.36. The molecule has 0 saturated carbocycles. The zero-order valence-corrected chi connectivity index (χ0v) is 32.5. The Morgan fingerprint density at radius 1 is 0.361 bits per heavy atom. The Hall–Kier alpha value is 1.83. The predicted molar refractivity (Wildman–Crippen MR) is 139 cm³/mol. The van der Waals surface area contributed by atoms with Gasteiger partial charge in [-0.05, 0) is 56.6 Å². The van der Waals surface area contributed by atoms with Gasteiger partial charge in [0, 0.05) is 216 Å². The summed E-state index contributed by atoms with van der Waals surface area (Å²) in [6.45, 7) is 0. The van der Waals surface area contributed by atoms with Crippen molar-refractivity contribution < 1.29 is 39.6 Å². The van der Waals surface area contributed by atoms with Gasteiger partial charge >= 0.3 is 23.9 Å². The largest absolute Gasteiger partial charge is 0.478 e. The molecule has 4 radical (unpaired) electrons. The molecule has 0 aliphatic rings. The molecule has 0 heterocycles. The Labute approximate surface area is 373 Å². The first-order valence-corrected chi connectivity index (χ1v) is 9.35. The maximum atomic E-state index is 11.9. The molecule has 0 amide bonds. The van der Waals surface area contributed by atoms with Crippen LogP contribution in [0.25, 0.3) is 43.1 Å². The smallest absolute Gasteiger partial charge is 0.336 e. The van der Waals surface area contributed by atoms with Gasteiger partial charge in [0.15, 0.2) is 0 Å². The van der Waals surface area contributed by atoms with Crippen LogP contribution in [0.2, 0.25) is 0 Å². The number of hydrogen-bond donors (Lipinski definition) is 4. The first kappa shape index (κ1) is 35.9. The van der Waals surface area contributed by atoms with Crippen LogP contribution in [0.4, 0.5) is 0 Å². The van der Waals surface area contributed by atoms with Crippen molar-refractivity contribution in [2.75, 3.05) is 0 Å². The van der Waals surface area contributed by atoms with Crippen LogP contribution in [0.5, 0.6) is 0 Å². The van der Waals surface area contributed by atoms with Gasteiger partial charge in [-0.25, -0.2) is 19.2 Å². The topological polar surface area (TPSA) is 149 Å². The predicted octanol–water partition coefficient (Wildman–Crippen LogP) is 3.01. The molecule has 5 rings (SSSR count). The number of fused-ring (bicyclic) bond motifs is 2. The Morgan fingerprint density at radius 2 is 0.556 bits per heavy atom. The monoisotopic (exact) mass is 584 g/mol. The minimum Gasteiger partial charge on any atom is -0.478 e. The maximum absolute atomic E-state index is 11.9. The number of hydrogen-bond acceptors (Lipinski definition) is 4. The molecule has 0 unspecified atom stereocenters. The third kappa shape index (κ3) is 5.90. The minimum absolute atomic E-state index is 0. The van der Waals surface area contributed by atoms with Crippen molar-refractivity contribution in [3.05, 3.63) is 70.8 Å². The zero-order valence-electron chi connectivity index (χ0n) is 20.0. The van der Waals surface area contributed by atoms with E-state index in [1.54, 1.807) is 0 Å². The summed E-state index contributed by atoms with van der Waals surface area (Å²) < 4.78 is 0. The second kappa shape index (κ2) is 14.1. The Bertz CT molecular complexity index is 1460. The fourth-order valence-electron chi connectivity index (χ4n) is 4.60. The summed E-state index contributed by atoms with van der Waals surface area (Å²) in [7, 11) is 0. The van der Waals surface area contributed by atoms with Crippen molar-refractivity contribution in [3.63, 3.8) is 0 Å². The van der Waals surface area contributed by atoms with Crippen LogP contribution >= 0.6 is 0 Å². The van der Waals surface area contributed by atoms with Crippen molar-refractivity contribution in [1.82, 2.24) is 0 Å². The summed E-state index contributed by atoms with van der Waals surface area (Å²) in [5.74, 6) is -5.13. The van der Waals surface area contributed by atoms with E-state index in [0.717, 1.165) is 0 Å². The Balaban J connectivity index is 0.00000162. The molecule has 36 heavy (non-hydrogen) atoms. The van der Waals surface area contributed by atoms with Gasteiger partial charge in [0.25, 0.3) is 0 Å². The molecule has 0 aliphatic carbocycles. The van der Waals surface area contributed by atoms with Crippen molar-refractivity contribution in [3.8, 4) is 0 Å². The van der Waals surface area contributed by atoms with E-state index in [9.17, 15) is 39.6 Å². The van der Waals surface area contributed by atoms with E-state index in [4.69, 9.17) is 0 Å². The van der Waals surface area contributed by atoms with E-state index in [2.05, 4.69) is 0 Å². The fraction of sp³-hybridized carbons (Fsp3) is 0. The summed E-state index contributed by atoms with van der Waals surface area (Å²) in [4.78, 5) is 47.5. The molecular formula is C24H12K4O8. The van der Waals surface area contributed by atoms with Crippen LogP contribution in [0.3, 0.4) is 0 Å². The van der Waals surface area contributed by atoms with Gasteiger partial charge in [0.2, 0.25) is 0 Å². The standard InChI is InChI=1S/C24H12O8.4K/c25-21(26)13-5-1-9-10-2-6-15(23(29)30)20-16(24(31)32)8-4-12(18(10)20)11-3-7-14(22(27)28)19(13)17(9)11;;;;/h1-8H,(H,25,26)(H,27,28)(H,29,30)(H,31,32);;;;. The van der Waals surface area contributed by atoms with E-state index >= 15 is 0 Å². The number of carboxylic acids is 4. The third-order valence-corrected chi connectivity index (χ3v) is 5.82. The van der Waals surface area contributed by atoms with E-state index < -0.39 is 23.9 Å². The van der Waals surface area contributed by atoms with E-state index in [1.807, 2.05) is 0 Å². The van der Waals surface area contributed by atoms with Crippen LogP contribution in [0, 0.1) is 0 Å². The van der Waals surface area contributed by atoms with Crippen molar-refractivity contribution in [1.29, 1.82) is 0 Å². The number of benzene rings is 5. The normalized spacial score (nSPS) is 10.2. The van der Waals surface area contributed by atoms with Gasteiger partial charge in [0.1, 0.15) is 0 Å². The Kier molecular flexibility index (Phi) is 14.1. The number of carbonyl (C=O) groups is 4. The average Bonchev–Trinajstić information content (AvgIpc) is 2.75. The van der Waals surface area contributed by atoms with Gasteiger partial charge in [-0.1, -0.05) is 24.3 Å². The summed E-state index contributed by atoms with van der Waals surface area (Å²) in [5, 5.41) is 41.7. The van der Waals surface area contributed by atoms with E-state index in [1.165, 1.54) is 48.5 Å². The molecule has 5 aromatic rings. The van der Waals surface area contributed by atoms with Crippen LogP contribution in [-0.4, -0.2) is 250 Å². The molecule has 8 nitrogen and oxygen atoms in total. The molecule has 160 valence electrons. The van der Waals surface area contributed by atoms with Gasteiger partial charge in [-0.2, -0.15) is 0 Å². The van der Waals surface area contributed by atoms with Gasteiger partial charge in [-0.15, -0.1) is 0 Å². The SMILES string of the molecule is O=C(O)c1ccc2c3ccc(C(=O)O)c4c(C(=O)O)ccc(c5ccc(C(=O)O)c1c25)c43.[K].[K].[K].[K]. The molecule has 5 aromatic carbocycles. The molecule has 4 N–H and O–H groups in total. The molecule has 0 spiro atoms. The third-order valence-electron chi connectivity index (χ3n) is 5.82. The quantitative estimate of drug-likeness (QED) is 0.143. The van der Waals surface area contributed by atoms with Crippen LogP contribution in [-0.2, 0) is 0 Å². The van der Waals surface area contributed by atoms with Gasteiger partial charge in [-0.3, -0.25) is 0 Å². The fourth-order valence-corrected chi connectivity index (χ4v) is 4.60. The first-order valence-electron chi connectivity index (χ1n) is 9.35. The van der Waals surface area contributed by atoms with E-state index in [0.29, 0.717) is 32.3 Å². The maximum Gasteiger partial charge on any atom is 0.336 e. The average molecular weight is 585 g/mol. The Morgan fingerprint density at radius 3 is 0.722 bits per heavy atom. The molecule has 0 aliphatic heterocycles. The summed E-state index contributed by atoms with van der Waals surface area (Å²) in [6, 6.07) is 11.4. The number of aromatic carboxylic acids is 4. The summed E-state index contributed by atoms with van der Waals surface area (Å²) in [6.07, 6.45) is 0. The number of rotatable bonds is 4. The van der Waals surface area contributed by atoms with Crippen LogP contribution in [0.15, 0.2) is 48.5 Å².